The Kier molecular flexibility index (Phi) is 3.68. The lowest BCUT2D eigenvalue weighted by Gasteiger charge is -2.25. The third-order valence-electron chi connectivity index (χ3n) is 5.19. The summed E-state index contributed by atoms with van der Waals surface area (Å²) in [6, 6.07) is 4.00. The van der Waals surface area contributed by atoms with Gasteiger partial charge in [-0.05, 0) is 37.5 Å². The Morgan fingerprint density at radius 2 is 1.77 bits per heavy atom. The Morgan fingerprint density at radius 1 is 1.12 bits per heavy atom. The third kappa shape index (κ3) is 2.51. The number of carbonyl (C=O) groups excluding carboxylic acids is 3. The molecule has 0 amide bonds. The van der Waals surface area contributed by atoms with Gasteiger partial charge in [-0.2, -0.15) is 13.2 Å². The molecule has 4 rings (SSSR count). The highest BCUT2D eigenvalue weighted by atomic mass is 19.4. The summed E-state index contributed by atoms with van der Waals surface area (Å²) in [6.07, 6.45) is -2.21. The van der Waals surface area contributed by atoms with Crippen molar-refractivity contribution < 1.29 is 27.6 Å². The van der Waals surface area contributed by atoms with Gasteiger partial charge in [0.15, 0.2) is 28.7 Å². The van der Waals surface area contributed by atoms with Gasteiger partial charge in [0.2, 0.25) is 0 Å². The topological polar surface area (TPSA) is 77.0 Å². The lowest BCUT2D eigenvalue weighted by molar-refractivity contribution is -0.142. The zero-order chi connectivity index (χ0) is 18.6. The second-order valence-corrected chi connectivity index (χ2v) is 6.74. The average Bonchev–Trinajstić information content (AvgIpc) is 3.05. The normalized spacial score (nSPS) is 25.7. The fraction of sp³-hybridized carbons (Fsp3) is 0.389. The van der Waals surface area contributed by atoms with Crippen molar-refractivity contribution >= 4 is 28.4 Å². The van der Waals surface area contributed by atoms with Crippen LogP contribution >= 0.6 is 0 Å². The molecule has 134 valence electrons. The van der Waals surface area contributed by atoms with Crippen molar-refractivity contribution in [1.82, 2.24) is 9.97 Å². The largest absolute Gasteiger partial charge is 0.434 e. The molecular formula is C18H13F3N2O3. The molecule has 0 N–H and O–H groups in total. The molecule has 2 aromatic heterocycles. The number of nitrogens with zero attached hydrogens (tertiary/aromatic N) is 2. The number of hydrogen-bond donors (Lipinski definition) is 0. The predicted molar refractivity (Wildman–Crippen MR) is 83.2 cm³/mol. The molecule has 2 unspecified atom stereocenters. The monoisotopic (exact) mass is 362 g/mol. The SMILES string of the molecule is O=C(c1cc2cccnc2nc1C(F)(F)F)C1C(=O)C2CCC(C2)C1=O. The molecule has 2 bridgehead atoms. The van der Waals surface area contributed by atoms with Gasteiger partial charge in [0.05, 0.1) is 5.56 Å². The number of fused-ring (bicyclic) bond motifs is 3. The van der Waals surface area contributed by atoms with Crippen LogP contribution in [0.4, 0.5) is 13.2 Å². The smallest absolute Gasteiger partial charge is 0.298 e. The molecule has 2 saturated carbocycles. The van der Waals surface area contributed by atoms with Gasteiger partial charge in [0.25, 0.3) is 0 Å². The first-order valence-corrected chi connectivity index (χ1v) is 8.22. The van der Waals surface area contributed by atoms with E-state index in [9.17, 15) is 27.6 Å². The highest BCUT2D eigenvalue weighted by Gasteiger charge is 2.51. The second-order valence-electron chi connectivity index (χ2n) is 6.74. The fourth-order valence-electron chi connectivity index (χ4n) is 3.93. The van der Waals surface area contributed by atoms with Gasteiger partial charge >= 0.3 is 6.18 Å². The quantitative estimate of drug-likeness (QED) is 0.606. The Bertz CT molecular complexity index is 932. The first kappa shape index (κ1) is 16.8. The molecule has 2 heterocycles. The molecule has 0 saturated heterocycles. The highest BCUT2D eigenvalue weighted by Crippen LogP contribution is 2.42. The maximum absolute atomic E-state index is 13.5. The van der Waals surface area contributed by atoms with Crippen molar-refractivity contribution in [3.63, 3.8) is 0 Å². The lowest BCUT2D eigenvalue weighted by Crippen LogP contribution is -2.42. The first-order valence-electron chi connectivity index (χ1n) is 8.22. The maximum atomic E-state index is 13.5. The van der Waals surface area contributed by atoms with E-state index in [4.69, 9.17) is 0 Å². The van der Waals surface area contributed by atoms with Crippen molar-refractivity contribution in [2.45, 2.75) is 25.4 Å². The minimum Gasteiger partial charge on any atom is -0.298 e. The van der Waals surface area contributed by atoms with Crippen LogP contribution in [0.1, 0.15) is 35.3 Å². The van der Waals surface area contributed by atoms with Gasteiger partial charge in [-0.1, -0.05) is 0 Å². The summed E-state index contributed by atoms with van der Waals surface area (Å²) in [5.74, 6) is -4.73. The van der Waals surface area contributed by atoms with E-state index in [1.807, 2.05) is 0 Å². The average molecular weight is 362 g/mol. The summed E-state index contributed by atoms with van der Waals surface area (Å²) in [4.78, 5) is 45.1. The third-order valence-corrected chi connectivity index (χ3v) is 5.19. The van der Waals surface area contributed by atoms with E-state index in [1.54, 1.807) is 0 Å². The predicted octanol–water partition coefficient (Wildman–Crippen LogP) is 3.02. The van der Waals surface area contributed by atoms with Crippen LogP contribution in [-0.2, 0) is 15.8 Å². The van der Waals surface area contributed by atoms with E-state index in [1.165, 1.54) is 18.3 Å². The van der Waals surface area contributed by atoms with Gasteiger partial charge in [-0.25, -0.2) is 9.97 Å². The van der Waals surface area contributed by atoms with Gasteiger partial charge in [0, 0.05) is 23.4 Å². The van der Waals surface area contributed by atoms with Gasteiger partial charge in [0.1, 0.15) is 5.92 Å². The minimum atomic E-state index is -4.91. The van der Waals surface area contributed by atoms with Crippen LogP contribution in [0.3, 0.4) is 0 Å². The summed E-state index contributed by atoms with van der Waals surface area (Å²) >= 11 is 0. The summed E-state index contributed by atoms with van der Waals surface area (Å²) in [5.41, 5.74) is -2.31. The molecule has 0 radical (unpaired) electrons. The van der Waals surface area contributed by atoms with Crippen LogP contribution in [-0.4, -0.2) is 27.3 Å². The molecule has 0 aliphatic heterocycles. The molecular weight excluding hydrogens is 349 g/mol. The number of ketones is 3. The number of rotatable bonds is 2. The summed E-state index contributed by atoms with van der Waals surface area (Å²) in [6.45, 7) is 0. The van der Waals surface area contributed by atoms with E-state index in [0.717, 1.165) is 6.07 Å². The van der Waals surface area contributed by atoms with Crippen molar-refractivity contribution in [3.8, 4) is 0 Å². The van der Waals surface area contributed by atoms with E-state index in [-0.39, 0.29) is 11.0 Å². The van der Waals surface area contributed by atoms with Crippen LogP contribution in [0, 0.1) is 17.8 Å². The van der Waals surface area contributed by atoms with Crippen LogP contribution < -0.4 is 0 Å². The van der Waals surface area contributed by atoms with Crippen LogP contribution in [0.25, 0.3) is 11.0 Å². The van der Waals surface area contributed by atoms with Crippen LogP contribution in [0.5, 0.6) is 0 Å². The molecule has 8 heteroatoms. The van der Waals surface area contributed by atoms with E-state index in [2.05, 4.69) is 9.97 Å². The van der Waals surface area contributed by atoms with Crippen molar-refractivity contribution in [1.29, 1.82) is 0 Å². The number of carbonyl (C=O) groups is 3. The minimum absolute atomic E-state index is 0.155. The number of pyridine rings is 2. The van der Waals surface area contributed by atoms with Gasteiger partial charge < -0.3 is 0 Å². The Morgan fingerprint density at radius 3 is 2.38 bits per heavy atom. The molecule has 2 aliphatic rings. The fourth-order valence-corrected chi connectivity index (χ4v) is 3.93. The van der Waals surface area contributed by atoms with Crippen molar-refractivity contribution in [2.24, 2.45) is 17.8 Å². The molecule has 2 atom stereocenters. The molecule has 2 aliphatic carbocycles. The zero-order valence-corrected chi connectivity index (χ0v) is 13.4. The Labute approximate surface area is 145 Å². The molecule has 2 fully saturated rings. The Balaban J connectivity index is 1.86. The van der Waals surface area contributed by atoms with E-state index in [0.29, 0.717) is 19.3 Å². The number of aromatic nitrogens is 2. The molecule has 5 nitrogen and oxygen atoms in total. The maximum Gasteiger partial charge on any atom is 0.434 e. The van der Waals surface area contributed by atoms with Gasteiger partial charge in [-0.3, -0.25) is 14.4 Å². The standard InChI is InChI=1S/C18H13F3N2O3/c19-18(20,21)16-11(7-10-2-1-5-22-17(10)23-16)15(26)12-13(24)8-3-4-9(6-8)14(12)25/h1-2,5,7-9,12H,3-4,6H2. The lowest BCUT2D eigenvalue weighted by atomic mass is 9.75. The van der Waals surface area contributed by atoms with Gasteiger partial charge in [-0.15, -0.1) is 0 Å². The molecule has 0 aromatic carbocycles. The first-order chi connectivity index (χ1) is 12.3. The molecule has 2 aromatic rings. The highest BCUT2D eigenvalue weighted by molar-refractivity contribution is 6.27. The molecule has 26 heavy (non-hydrogen) atoms. The van der Waals surface area contributed by atoms with E-state index < -0.39 is 52.5 Å². The summed E-state index contributed by atoms with van der Waals surface area (Å²) < 4.78 is 40.4. The number of halogens is 3. The van der Waals surface area contributed by atoms with Crippen LogP contribution in [0.2, 0.25) is 0 Å². The summed E-state index contributed by atoms with van der Waals surface area (Å²) in [5, 5.41) is 0.238. The van der Waals surface area contributed by atoms with E-state index >= 15 is 0 Å². The number of hydrogen-bond acceptors (Lipinski definition) is 5. The summed E-state index contributed by atoms with van der Waals surface area (Å²) in [7, 11) is 0. The zero-order valence-electron chi connectivity index (χ0n) is 13.4. The Hall–Kier alpha value is -2.64. The number of Topliss-reactive ketones (excluding diaryl/α,β-unsaturated/α-hetero) is 3. The van der Waals surface area contributed by atoms with Crippen molar-refractivity contribution in [2.75, 3.05) is 0 Å². The van der Waals surface area contributed by atoms with Crippen molar-refractivity contribution in [3.05, 3.63) is 35.7 Å². The van der Waals surface area contributed by atoms with Crippen LogP contribution in [0.15, 0.2) is 24.4 Å². The molecule has 0 spiro atoms. The number of alkyl halides is 3. The second kappa shape index (κ2) is 5.69.